The lowest BCUT2D eigenvalue weighted by Crippen LogP contribution is -2.51. The number of nitrogens with one attached hydrogen (secondary N) is 1. The molecule has 6 heteroatoms. The van der Waals surface area contributed by atoms with E-state index in [-0.39, 0.29) is 31.2 Å². The largest absolute Gasteiger partial charge is 0.397 e. The summed E-state index contributed by atoms with van der Waals surface area (Å²) in [6, 6.07) is 7.31. The summed E-state index contributed by atoms with van der Waals surface area (Å²) in [5.74, 6) is -0.117. The number of hydrogen-bond donors (Lipinski definition) is 3. The molecule has 1 aliphatic rings. The number of para-hydroxylation sites is 2. The van der Waals surface area contributed by atoms with E-state index in [0.29, 0.717) is 24.5 Å². The molecule has 0 aliphatic carbocycles. The van der Waals surface area contributed by atoms with Crippen molar-refractivity contribution in [2.24, 2.45) is 0 Å². The summed E-state index contributed by atoms with van der Waals surface area (Å²) < 4.78 is 5.45. The Morgan fingerprint density at radius 3 is 3.00 bits per heavy atom. The molecule has 1 heterocycles. The van der Waals surface area contributed by atoms with Crippen LogP contribution in [-0.2, 0) is 9.53 Å². The van der Waals surface area contributed by atoms with E-state index >= 15 is 0 Å². The third-order valence-electron chi connectivity index (χ3n) is 3.42. The van der Waals surface area contributed by atoms with Gasteiger partial charge in [-0.15, -0.1) is 0 Å². The Balaban J connectivity index is 1.92. The Labute approximate surface area is 118 Å². The molecule has 0 radical (unpaired) electrons. The molecule has 1 fully saturated rings. The van der Waals surface area contributed by atoms with Gasteiger partial charge in [0, 0.05) is 12.6 Å². The van der Waals surface area contributed by atoms with E-state index in [0.717, 1.165) is 0 Å². The first kappa shape index (κ1) is 14.8. The maximum atomic E-state index is 12.1. The van der Waals surface area contributed by atoms with Gasteiger partial charge >= 0.3 is 0 Å². The number of hydrogen-bond acceptors (Lipinski definition) is 5. The van der Waals surface area contributed by atoms with Gasteiger partial charge in [-0.2, -0.15) is 0 Å². The number of carbonyl (C=O) groups excluding carboxylic acids is 1. The third-order valence-corrected chi connectivity index (χ3v) is 3.42. The first-order valence-electron chi connectivity index (χ1n) is 6.71. The van der Waals surface area contributed by atoms with Crippen LogP contribution in [0.25, 0.3) is 0 Å². The number of nitrogen functional groups attached to an aromatic ring is 1. The van der Waals surface area contributed by atoms with Crippen LogP contribution in [0.5, 0.6) is 0 Å². The summed E-state index contributed by atoms with van der Waals surface area (Å²) in [5.41, 5.74) is 6.96. The van der Waals surface area contributed by atoms with Gasteiger partial charge in [-0.3, -0.25) is 9.69 Å². The van der Waals surface area contributed by atoms with Crippen LogP contribution in [0.2, 0.25) is 0 Å². The molecular formula is C14H21N3O3. The number of aliphatic hydroxyl groups is 1. The van der Waals surface area contributed by atoms with Crippen LogP contribution in [0.15, 0.2) is 24.3 Å². The second-order valence-electron chi connectivity index (χ2n) is 5.05. The van der Waals surface area contributed by atoms with Gasteiger partial charge in [0.25, 0.3) is 0 Å². The topological polar surface area (TPSA) is 87.8 Å². The van der Waals surface area contributed by atoms with Gasteiger partial charge in [0.1, 0.15) is 0 Å². The molecule has 2 atom stereocenters. The zero-order valence-electron chi connectivity index (χ0n) is 11.6. The highest BCUT2D eigenvalue weighted by Gasteiger charge is 2.27. The van der Waals surface area contributed by atoms with Gasteiger partial charge in [0.15, 0.2) is 0 Å². The predicted molar refractivity (Wildman–Crippen MR) is 77.3 cm³/mol. The lowest BCUT2D eigenvalue weighted by atomic mass is 10.2. The molecule has 2 rings (SSSR count). The highest BCUT2D eigenvalue weighted by Crippen LogP contribution is 2.17. The van der Waals surface area contributed by atoms with E-state index in [4.69, 9.17) is 15.6 Å². The third kappa shape index (κ3) is 3.69. The van der Waals surface area contributed by atoms with E-state index in [9.17, 15) is 4.79 Å². The van der Waals surface area contributed by atoms with E-state index in [1.165, 1.54) is 0 Å². The van der Waals surface area contributed by atoms with Crippen LogP contribution >= 0.6 is 0 Å². The van der Waals surface area contributed by atoms with Gasteiger partial charge in [-0.1, -0.05) is 12.1 Å². The lowest BCUT2D eigenvalue weighted by molar-refractivity contribution is -0.122. The summed E-state index contributed by atoms with van der Waals surface area (Å²) in [5, 5.41) is 11.9. The number of benzene rings is 1. The lowest BCUT2D eigenvalue weighted by Gasteiger charge is -2.36. The van der Waals surface area contributed by atoms with Crippen LogP contribution in [0, 0.1) is 0 Å². The second kappa shape index (κ2) is 6.69. The standard InChI is InChI=1S/C14H21N3O3/c1-10-9-20-11(8-18)6-17(10)7-14(19)16-13-5-3-2-4-12(13)15/h2-5,10-11,18H,6-9,15H2,1H3,(H,16,19). The van der Waals surface area contributed by atoms with Gasteiger partial charge in [0.2, 0.25) is 5.91 Å². The van der Waals surface area contributed by atoms with Crippen LogP contribution < -0.4 is 11.1 Å². The number of carbonyl (C=O) groups is 1. The van der Waals surface area contributed by atoms with Crippen molar-refractivity contribution in [1.82, 2.24) is 4.90 Å². The van der Waals surface area contributed by atoms with Crippen LogP contribution in [0.1, 0.15) is 6.92 Å². The molecular weight excluding hydrogens is 258 g/mol. The molecule has 1 aromatic carbocycles. The molecule has 0 spiro atoms. The normalized spacial score (nSPS) is 23.5. The fourth-order valence-corrected chi connectivity index (χ4v) is 2.19. The van der Waals surface area contributed by atoms with Crippen molar-refractivity contribution in [3.63, 3.8) is 0 Å². The zero-order valence-corrected chi connectivity index (χ0v) is 11.6. The second-order valence-corrected chi connectivity index (χ2v) is 5.05. The Morgan fingerprint density at radius 1 is 1.55 bits per heavy atom. The van der Waals surface area contributed by atoms with E-state index in [1.54, 1.807) is 12.1 Å². The highest BCUT2D eigenvalue weighted by atomic mass is 16.5. The van der Waals surface area contributed by atoms with Crippen LogP contribution in [0.3, 0.4) is 0 Å². The summed E-state index contributed by atoms with van der Waals surface area (Å²) in [7, 11) is 0. The molecule has 1 aromatic rings. The molecule has 1 aliphatic heterocycles. The van der Waals surface area contributed by atoms with Crippen molar-refractivity contribution in [3.8, 4) is 0 Å². The van der Waals surface area contributed by atoms with Crippen LogP contribution in [-0.4, -0.2) is 54.4 Å². The first-order valence-corrected chi connectivity index (χ1v) is 6.71. The Kier molecular flexibility index (Phi) is 4.94. The molecule has 110 valence electrons. The molecule has 4 N–H and O–H groups in total. The maximum absolute atomic E-state index is 12.1. The first-order chi connectivity index (χ1) is 9.60. The number of rotatable bonds is 4. The summed E-state index contributed by atoms with van der Waals surface area (Å²) in [6.07, 6.45) is -0.221. The minimum atomic E-state index is -0.221. The molecule has 0 aromatic heterocycles. The van der Waals surface area contributed by atoms with Gasteiger partial charge in [-0.05, 0) is 19.1 Å². The van der Waals surface area contributed by atoms with Crippen molar-refractivity contribution < 1.29 is 14.6 Å². The SMILES string of the molecule is CC1COC(CO)CN1CC(=O)Nc1ccccc1N. The average molecular weight is 279 g/mol. The number of nitrogens with two attached hydrogens (primary N) is 1. The molecule has 2 unspecified atom stereocenters. The van der Waals surface area contributed by atoms with Gasteiger partial charge in [-0.25, -0.2) is 0 Å². The average Bonchev–Trinajstić information content (AvgIpc) is 2.44. The molecule has 6 nitrogen and oxygen atoms in total. The molecule has 20 heavy (non-hydrogen) atoms. The minimum absolute atomic E-state index is 0.0313. The molecule has 1 amide bonds. The van der Waals surface area contributed by atoms with Gasteiger partial charge in [0.05, 0.1) is 37.2 Å². The molecule has 1 saturated heterocycles. The number of ether oxygens (including phenoxy) is 1. The van der Waals surface area contributed by atoms with E-state index < -0.39 is 0 Å². The Morgan fingerprint density at radius 2 is 2.30 bits per heavy atom. The monoisotopic (exact) mass is 279 g/mol. The van der Waals surface area contributed by atoms with Crippen molar-refractivity contribution in [3.05, 3.63) is 24.3 Å². The predicted octanol–water partition coefficient (Wildman–Crippen LogP) is 0.289. The van der Waals surface area contributed by atoms with Crippen molar-refractivity contribution >= 4 is 17.3 Å². The summed E-state index contributed by atoms with van der Waals surface area (Å²) >= 11 is 0. The van der Waals surface area contributed by atoms with E-state index in [1.807, 2.05) is 24.0 Å². The number of aliphatic hydroxyl groups excluding tert-OH is 1. The van der Waals surface area contributed by atoms with Crippen molar-refractivity contribution in [1.29, 1.82) is 0 Å². The fourth-order valence-electron chi connectivity index (χ4n) is 2.19. The minimum Gasteiger partial charge on any atom is -0.397 e. The molecule has 0 bridgehead atoms. The summed E-state index contributed by atoms with van der Waals surface area (Å²) in [6.45, 7) is 3.30. The Bertz CT molecular complexity index is 467. The van der Waals surface area contributed by atoms with Crippen molar-refractivity contribution in [2.75, 3.05) is 37.4 Å². The number of anilines is 2. The van der Waals surface area contributed by atoms with Crippen molar-refractivity contribution in [2.45, 2.75) is 19.1 Å². The van der Waals surface area contributed by atoms with E-state index in [2.05, 4.69) is 5.32 Å². The number of nitrogens with zero attached hydrogens (tertiary/aromatic N) is 1. The number of morpholine rings is 1. The highest BCUT2D eigenvalue weighted by molar-refractivity contribution is 5.95. The summed E-state index contributed by atoms with van der Waals surface area (Å²) in [4.78, 5) is 14.1. The quantitative estimate of drug-likeness (QED) is 0.689. The molecule has 0 saturated carbocycles. The number of amides is 1. The maximum Gasteiger partial charge on any atom is 0.238 e. The Hall–Kier alpha value is -1.63. The van der Waals surface area contributed by atoms with Gasteiger partial charge < -0.3 is 20.9 Å². The van der Waals surface area contributed by atoms with Crippen LogP contribution in [0.4, 0.5) is 11.4 Å². The smallest absolute Gasteiger partial charge is 0.238 e. The zero-order chi connectivity index (χ0) is 14.5. The fraction of sp³-hybridized carbons (Fsp3) is 0.500.